The first-order valence-electron chi connectivity index (χ1n) is 8.16. The van der Waals surface area contributed by atoms with Crippen LogP contribution in [-0.4, -0.2) is 35.7 Å². The van der Waals surface area contributed by atoms with Gasteiger partial charge < -0.3 is 20.5 Å². The molecule has 1 unspecified atom stereocenters. The van der Waals surface area contributed by atoms with Gasteiger partial charge in [0.1, 0.15) is 5.76 Å². The Morgan fingerprint density at radius 3 is 3.00 bits per heavy atom. The molecule has 8 heteroatoms. The number of allylic oxidation sites excluding steroid dienone is 1. The number of non-ortho nitro benzene ring substituents is 1. The number of ether oxygens (including phenoxy) is 1. The highest BCUT2D eigenvalue weighted by Gasteiger charge is 2.25. The monoisotopic (exact) mass is 357 g/mol. The molecule has 0 saturated heterocycles. The van der Waals surface area contributed by atoms with E-state index in [2.05, 4.69) is 10.6 Å². The van der Waals surface area contributed by atoms with Gasteiger partial charge in [0.25, 0.3) is 5.69 Å². The van der Waals surface area contributed by atoms with E-state index >= 15 is 0 Å². The number of benzene rings is 1. The van der Waals surface area contributed by atoms with Crippen LogP contribution in [0.2, 0.25) is 0 Å². The summed E-state index contributed by atoms with van der Waals surface area (Å²) in [6, 6.07) is 4.03. The summed E-state index contributed by atoms with van der Waals surface area (Å²) in [6.07, 6.45) is 7.55. The molecule has 1 atom stereocenters. The van der Waals surface area contributed by atoms with Crippen LogP contribution in [0.25, 0.3) is 0 Å². The molecule has 0 aromatic heterocycles. The molecule has 0 bridgehead atoms. The summed E-state index contributed by atoms with van der Waals surface area (Å²) in [5, 5.41) is 26.5. The quantitative estimate of drug-likeness (QED) is 0.508. The number of fused-ring (bicyclic) bond motifs is 1. The number of carboxylic acid groups (broad SMARTS) is 1. The second-order valence-corrected chi connectivity index (χ2v) is 6.00. The Morgan fingerprint density at radius 2 is 2.31 bits per heavy atom. The van der Waals surface area contributed by atoms with Crippen molar-refractivity contribution in [1.82, 2.24) is 5.32 Å². The Balaban J connectivity index is 1.67. The highest BCUT2D eigenvalue weighted by molar-refractivity contribution is 5.95. The number of hydrogen-bond acceptors (Lipinski definition) is 6. The topological polar surface area (TPSA) is 114 Å². The molecule has 0 fully saturated rings. The molecule has 26 heavy (non-hydrogen) atoms. The second kappa shape index (κ2) is 7.30. The number of nitro benzene ring substituents is 1. The molecule has 3 rings (SSSR count). The van der Waals surface area contributed by atoms with E-state index in [1.54, 1.807) is 7.11 Å². The van der Waals surface area contributed by atoms with Crippen molar-refractivity contribution in [3.05, 3.63) is 69.1 Å². The molecular weight excluding hydrogens is 338 g/mol. The fourth-order valence-corrected chi connectivity index (χ4v) is 3.10. The number of carboxylic acids is 1. The molecule has 1 aliphatic heterocycles. The van der Waals surface area contributed by atoms with E-state index in [0.717, 1.165) is 23.8 Å². The van der Waals surface area contributed by atoms with Gasteiger partial charge in [-0.1, -0.05) is 0 Å². The van der Waals surface area contributed by atoms with Gasteiger partial charge in [0.15, 0.2) is 0 Å². The number of methoxy groups -OCH3 is 1. The van der Waals surface area contributed by atoms with Crippen molar-refractivity contribution < 1.29 is 19.6 Å². The maximum Gasteiger partial charge on any atom is 0.338 e. The van der Waals surface area contributed by atoms with Crippen molar-refractivity contribution in [1.29, 1.82) is 0 Å². The molecule has 0 saturated carbocycles. The van der Waals surface area contributed by atoms with Gasteiger partial charge in [0, 0.05) is 30.6 Å². The van der Waals surface area contributed by atoms with E-state index in [1.165, 1.54) is 17.7 Å². The van der Waals surface area contributed by atoms with Crippen LogP contribution in [0.15, 0.2) is 53.5 Å². The first kappa shape index (κ1) is 17.5. The van der Waals surface area contributed by atoms with Crippen molar-refractivity contribution in [2.45, 2.75) is 18.9 Å². The van der Waals surface area contributed by atoms with Gasteiger partial charge in [-0.15, -0.1) is 0 Å². The van der Waals surface area contributed by atoms with E-state index in [9.17, 15) is 20.0 Å². The SMILES string of the molecule is COC1=CCC2NC=C(CCNc3ccc([N+](=O)[O-])cc3C(=O)O)C2=C1. The largest absolute Gasteiger partial charge is 0.497 e. The molecule has 8 nitrogen and oxygen atoms in total. The molecule has 136 valence electrons. The number of carbonyl (C=O) groups is 1. The Bertz CT molecular complexity index is 841. The Kier molecular flexibility index (Phi) is 4.92. The van der Waals surface area contributed by atoms with Crippen molar-refractivity contribution in [2.75, 3.05) is 19.0 Å². The minimum absolute atomic E-state index is 0.114. The molecule has 3 N–H and O–H groups in total. The van der Waals surface area contributed by atoms with Crippen LogP contribution in [0, 0.1) is 10.1 Å². The average molecular weight is 357 g/mol. The van der Waals surface area contributed by atoms with Crippen LogP contribution in [0.5, 0.6) is 0 Å². The zero-order valence-corrected chi connectivity index (χ0v) is 14.2. The predicted octanol–water partition coefficient (Wildman–Crippen LogP) is 2.81. The molecule has 0 spiro atoms. The highest BCUT2D eigenvalue weighted by atomic mass is 16.6. The number of hydrogen-bond donors (Lipinski definition) is 3. The van der Waals surface area contributed by atoms with Crippen LogP contribution in [0.4, 0.5) is 11.4 Å². The van der Waals surface area contributed by atoms with Crippen molar-refractivity contribution in [2.24, 2.45) is 0 Å². The summed E-state index contributed by atoms with van der Waals surface area (Å²) in [5.41, 5.74) is 2.31. The summed E-state index contributed by atoms with van der Waals surface area (Å²) in [7, 11) is 1.64. The van der Waals surface area contributed by atoms with E-state index in [4.69, 9.17) is 4.74 Å². The molecular formula is C18H19N3O5. The number of rotatable bonds is 7. The van der Waals surface area contributed by atoms with Gasteiger partial charge in [0.05, 0.1) is 23.6 Å². The smallest absolute Gasteiger partial charge is 0.338 e. The number of anilines is 1. The zero-order chi connectivity index (χ0) is 18.7. The first-order valence-corrected chi connectivity index (χ1v) is 8.16. The molecule has 1 aromatic carbocycles. The lowest BCUT2D eigenvalue weighted by Crippen LogP contribution is -2.22. The van der Waals surface area contributed by atoms with E-state index in [-0.39, 0.29) is 17.3 Å². The third-order valence-electron chi connectivity index (χ3n) is 4.45. The van der Waals surface area contributed by atoms with Crippen molar-refractivity contribution in [3.8, 4) is 0 Å². The summed E-state index contributed by atoms with van der Waals surface area (Å²) >= 11 is 0. The summed E-state index contributed by atoms with van der Waals surface area (Å²) < 4.78 is 5.29. The fourth-order valence-electron chi connectivity index (χ4n) is 3.10. The van der Waals surface area contributed by atoms with Crippen molar-refractivity contribution in [3.63, 3.8) is 0 Å². The lowest BCUT2D eigenvalue weighted by atomic mass is 9.93. The average Bonchev–Trinajstić information content (AvgIpc) is 3.03. The Labute approximate surface area is 150 Å². The van der Waals surface area contributed by atoms with E-state index < -0.39 is 10.9 Å². The number of nitro groups is 1. The molecule has 0 radical (unpaired) electrons. The van der Waals surface area contributed by atoms with E-state index in [1.807, 2.05) is 18.4 Å². The fraction of sp³-hybridized carbons (Fsp3) is 0.278. The van der Waals surface area contributed by atoms with Gasteiger partial charge >= 0.3 is 5.97 Å². The second-order valence-electron chi connectivity index (χ2n) is 6.00. The van der Waals surface area contributed by atoms with Gasteiger partial charge in [-0.25, -0.2) is 4.79 Å². The summed E-state index contributed by atoms with van der Waals surface area (Å²) in [6.45, 7) is 0.502. The highest BCUT2D eigenvalue weighted by Crippen LogP contribution is 2.30. The molecule has 0 amide bonds. The first-order chi connectivity index (χ1) is 12.5. The predicted molar refractivity (Wildman–Crippen MR) is 96.0 cm³/mol. The Hall–Kier alpha value is -3.29. The van der Waals surface area contributed by atoms with Gasteiger partial charge in [-0.05, 0) is 42.2 Å². The maximum atomic E-state index is 11.4. The number of aromatic carboxylic acids is 1. The third kappa shape index (κ3) is 3.53. The summed E-state index contributed by atoms with van der Waals surface area (Å²) in [5.74, 6) is -0.370. The molecule has 2 aliphatic rings. The minimum atomic E-state index is -1.21. The normalized spacial score (nSPS) is 18.0. The lowest BCUT2D eigenvalue weighted by molar-refractivity contribution is -0.384. The van der Waals surface area contributed by atoms with Crippen LogP contribution in [-0.2, 0) is 4.74 Å². The number of nitrogens with one attached hydrogen (secondary N) is 2. The molecule has 1 heterocycles. The Morgan fingerprint density at radius 1 is 1.50 bits per heavy atom. The van der Waals surface area contributed by atoms with Gasteiger partial charge in [0.2, 0.25) is 0 Å². The molecule has 1 aliphatic carbocycles. The maximum absolute atomic E-state index is 11.4. The third-order valence-corrected chi connectivity index (χ3v) is 4.45. The lowest BCUT2D eigenvalue weighted by Gasteiger charge is -2.19. The molecule has 1 aromatic rings. The van der Waals surface area contributed by atoms with Crippen LogP contribution in [0.3, 0.4) is 0 Å². The minimum Gasteiger partial charge on any atom is -0.497 e. The standard InChI is InChI=1S/C18H19N3O5/c1-26-13-3-5-16-14(9-13)11(10-20-16)6-7-19-17-4-2-12(21(24)25)8-15(17)18(22)23/h2-4,8-10,16,19-20H,5-7H2,1H3,(H,22,23). The van der Waals surface area contributed by atoms with Crippen LogP contribution >= 0.6 is 0 Å². The summed E-state index contributed by atoms with van der Waals surface area (Å²) in [4.78, 5) is 21.6. The zero-order valence-electron chi connectivity index (χ0n) is 14.2. The number of nitrogens with zero attached hydrogens (tertiary/aromatic N) is 1. The van der Waals surface area contributed by atoms with Crippen LogP contribution < -0.4 is 10.6 Å². The van der Waals surface area contributed by atoms with Gasteiger partial charge in [-0.3, -0.25) is 10.1 Å². The van der Waals surface area contributed by atoms with E-state index in [0.29, 0.717) is 18.7 Å². The van der Waals surface area contributed by atoms with Crippen LogP contribution in [0.1, 0.15) is 23.2 Å². The van der Waals surface area contributed by atoms with Crippen molar-refractivity contribution >= 4 is 17.3 Å². The van der Waals surface area contributed by atoms with Gasteiger partial charge in [-0.2, -0.15) is 0 Å².